The van der Waals surface area contributed by atoms with E-state index in [2.05, 4.69) is 0 Å². The molecule has 0 radical (unpaired) electrons. The number of carbonyl (C=O) groups is 3. The summed E-state index contributed by atoms with van der Waals surface area (Å²) in [4.78, 5) is 65.7. The SMILES string of the molecule is O=C(c1cccc([N+](=O)[O-])c1)[C@@H]1[C@@H]2C(=O)N(c3cccc([N+](=O)[O-])c3)C(=O)[C@H]2[C@H]2c3ccccc3C=CN12. The minimum Gasteiger partial charge on any atom is -0.358 e. The summed E-state index contributed by atoms with van der Waals surface area (Å²) >= 11 is 0. The summed E-state index contributed by atoms with van der Waals surface area (Å²) in [7, 11) is 0. The number of hydrogen-bond acceptors (Lipinski definition) is 8. The van der Waals surface area contributed by atoms with Crippen LogP contribution in [0.1, 0.15) is 27.5 Å². The number of benzene rings is 3. The van der Waals surface area contributed by atoms with Gasteiger partial charge >= 0.3 is 0 Å². The number of fused-ring (bicyclic) bond motifs is 5. The van der Waals surface area contributed by atoms with Crippen molar-refractivity contribution in [3.8, 4) is 0 Å². The molecule has 0 saturated carbocycles. The fraction of sp³-hybridized carbons (Fsp3) is 0.148. The Morgan fingerprint density at radius 1 is 0.789 bits per heavy atom. The summed E-state index contributed by atoms with van der Waals surface area (Å²) in [6.45, 7) is 0. The number of anilines is 1. The average Bonchev–Trinajstić information content (AvgIpc) is 3.40. The number of rotatable bonds is 5. The summed E-state index contributed by atoms with van der Waals surface area (Å²) in [5, 5.41) is 22.7. The number of amides is 2. The first-order valence-electron chi connectivity index (χ1n) is 11.7. The molecule has 188 valence electrons. The molecule has 0 aromatic heterocycles. The van der Waals surface area contributed by atoms with Crippen LogP contribution < -0.4 is 4.90 Å². The van der Waals surface area contributed by atoms with Gasteiger partial charge in [0, 0.05) is 36.0 Å². The van der Waals surface area contributed by atoms with Gasteiger partial charge < -0.3 is 4.90 Å². The normalized spacial score (nSPS) is 23.2. The predicted molar refractivity (Wildman–Crippen MR) is 134 cm³/mol. The predicted octanol–water partition coefficient (Wildman–Crippen LogP) is 3.90. The molecule has 3 aliphatic rings. The van der Waals surface area contributed by atoms with Gasteiger partial charge in [0.15, 0.2) is 5.78 Å². The first kappa shape index (κ1) is 23.2. The van der Waals surface area contributed by atoms with Gasteiger partial charge in [-0.05, 0) is 23.3 Å². The van der Waals surface area contributed by atoms with Crippen LogP contribution in [0.3, 0.4) is 0 Å². The van der Waals surface area contributed by atoms with Crippen molar-refractivity contribution in [2.45, 2.75) is 12.1 Å². The van der Waals surface area contributed by atoms with Crippen molar-refractivity contribution in [3.63, 3.8) is 0 Å². The minimum absolute atomic E-state index is 0.0462. The van der Waals surface area contributed by atoms with Gasteiger partial charge in [0.25, 0.3) is 11.4 Å². The highest BCUT2D eigenvalue weighted by Crippen LogP contribution is 2.53. The second-order valence-electron chi connectivity index (χ2n) is 9.29. The van der Waals surface area contributed by atoms with Crippen molar-refractivity contribution < 1.29 is 24.2 Å². The fourth-order valence-corrected chi connectivity index (χ4v) is 5.80. The van der Waals surface area contributed by atoms with Crippen molar-refractivity contribution in [1.82, 2.24) is 4.90 Å². The summed E-state index contributed by atoms with van der Waals surface area (Å²) < 4.78 is 0. The molecule has 3 aromatic carbocycles. The molecule has 0 aliphatic carbocycles. The van der Waals surface area contributed by atoms with Crippen LogP contribution in [-0.2, 0) is 9.59 Å². The van der Waals surface area contributed by atoms with Crippen molar-refractivity contribution in [2.24, 2.45) is 11.8 Å². The van der Waals surface area contributed by atoms with E-state index in [4.69, 9.17) is 0 Å². The van der Waals surface area contributed by atoms with Gasteiger partial charge in [-0.15, -0.1) is 0 Å². The van der Waals surface area contributed by atoms with E-state index in [1.807, 2.05) is 18.2 Å². The van der Waals surface area contributed by atoms with Gasteiger partial charge in [0.05, 0.1) is 33.4 Å². The number of nitro groups is 2. The number of ketones is 1. The first-order chi connectivity index (χ1) is 18.3. The standard InChI is InChI=1S/C27H18N4O7/c32-25(16-6-3-8-18(13-16)30(35)36)24-22-21(23-20-10-2-1-5-15(20)11-12-28(23)24)26(33)29(27(22)34)17-7-4-9-19(14-17)31(37)38/h1-14,21-24H/t21-,22-,23-,24+/m1/s1. The van der Waals surface area contributed by atoms with E-state index < -0.39 is 51.4 Å². The number of imide groups is 1. The molecule has 0 N–H and O–H groups in total. The molecule has 2 saturated heterocycles. The molecule has 11 heteroatoms. The molecule has 2 amide bonds. The third-order valence-corrected chi connectivity index (χ3v) is 7.37. The topological polar surface area (TPSA) is 144 Å². The lowest BCUT2D eigenvalue weighted by molar-refractivity contribution is -0.385. The third-order valence-electron chi connectivity index (χ3n) is 7.37. The zero-order valence-corrected chi connectivity index (χ0v) is 19.5. The van der Waals surface area contributed by atoms with Gasteiger partial charge in [0.2, 0.25) is 11.8 Å². The molecular weight excluding hydrogens is 492 g/mol. The maximum Gasteiger partial charge on any atom is 0.271 e. The van der Waals surface area contributed by atoms with Crippen molar-refractivity contribution in [1.29, 1.82) is 0 Å². The number of hydrogen-bond donors (Lipinski definition) is 0. The summed E-state index contributed by atoms with van der Waals surface area (Å²) in [6.07, 6.45) is 3.48. The molecule has 38 heavy (non-hydrogen) atoms. The Labute approximate surface area is 214 Å². The Bertz CT molecular complexity index is 1600. The molecule has 3 aliphatic heterocycles. The van der Waals surface area contributed by atoms with E-state index in [1.54, 1.807) is 23.2 Å². The van der Waals surface area contributed by atoms with E-state index in [0.717, 1.165) is 28.2 Å². The second-order valence-corrected chi connectivity index (χ2v) is 9.29. The monoisotopic (exact) mass is 510 g/mol. The lowest BCUT2D eigenvalue weighted by Gasteiger charge is -2.35. The van der Waals surface area contributed by atoms with Crippen molar-refractivity contribution >= 4 is 40.7 Å². The number of non-ortho nitro benzene ring substituents is 2. The van der Waals surface area contributed by atoms with Crippen LogP contribution in [0.25, 0.3) is 6.08 Å². The molecule has 0 spiro atoms. The number of Topliss-reactive ketones (excluding diaryl/α,β-unsaturated/α-hetero) is 1. The molecule has 0 unspecified atom stereocenters. The van der Waals surface area contributed by atoms with Crippen LogP contribution in [0.15, 0.2) is 79.0 Å². The quantitative estimate of drug-likeness (QED) is 0.218. The van der Waals surface area contributed by atoms with Crippen molar-refractivity contribution in [3.05, 3.63) is 116 Å². The highest BCUT2D eigenvalue weighted by molar-refractivity contribution is 6.24. The Morgan fingerprint density at radius 3 is 2.18 bits per heavy atom. The van der Waals surface area contributed by atoms with Gasteiger partial charge in [-0.1, -0.05) is 42.5 Å². The van der Waals surface area contributed by atoms with E-state index in [9.17, 15) is 34.6 Å². The molecule has 2 fully saturated rings. The zero-order valence-electron chi connectivity index (χ0n) is 19.5. The maximum atomic E-state index is 13.9. The summed E-state index contributed by atoms with van der Waals surface area (Å²) in [5.74, 6) is -3.79. The Morgan fingerprint density at radius 2 is 1.45 bits per heavy atom. The van der Waals surface area contributed by atoms with Crippen molar-refractivity contribution in [2.75, 3.05) is 4.90 Å². The lowest BCUT2D eigenvalue weighted by atomic mass is 9.83. The van der Waals surface area contributed by atoms with E-state index in [1.165, 1.54) is 36.4 Å². The average molecular weight is 510 g/mol. The maximum absolute atomic E-state index is 13.9. The molecule has 11 nitrogen and oxygen atoms in total. The van der Waals surface area contributed by atoms with Gasteiger partial charge in [-0.25, -0.2) is 4.90 Å². The largest absolute Gasteiger partial charge is 0.358 e. The third kappa shape index (κ3) is 3.32. The smallest absolute Gasteiger partial charge is 0.271 e. The Kier molecular flexibility index (Phi) is 5.16. The molecule has 4 atom stereocenters. The number of nitro benzene ring substituents is 2. The summed E-state index contributed by atoms with van der Waals surface area (Å²) in [6, 6.07) is 16.1. The Balaban J connectivity index is 1.49. The van der Waals surface area contributed by atoms with Crippen LogP contribution in [0.4, 0.5) is 17.1 Å². The van der Waals surface area contributed by atoms with E-state index in [-0.39, 0.29) is 22.6 Å². The fourth-order valence-electron chi connectivity index (χ4n) is 5.80. The zero-order chi connectivity index (χ0) is 26.7. The molecule has 0 bridgehead atoms. The second kappa shape index (κ2) is 8.44. The van der Waals surface area contributed by atoms with Gasteiger partial charge in [-0.2, -0.15) is 0 Å². The van der Waals surface area contributed by atoms with Gasteiger partial charge in [-0.3, -0.25) is 34.6 Å². The van der Waals surface area contributed by atoms with Crippen LogP contribution in [-0.4, -0.2) is 38.4 Å². The summed E-state index contributed by atoms with van der Waals surface area (Å²) in [5.41, 5.74) is 1.15. The van der Waals surface area contributed by atoms with Crippen LogP contribution in [0.5, 0.6) is 0 Å². The van der Waals surface area contributed by atoms with E-state index >= 15 is 0 Å². The first-order valence-corrected chi connectivity index (χ1v) is 11.7. The molecule has 3 aromatic rings. The molecule has 6 rings (SSSR count). The van der Waals surface area contributed by atoms with Gasteiger partial charge in [0.1, 0.15) is 6.04 Å². The van der Waals surface area contributed by atoms with Crippen LogP contribution >= 0.6 is 0 Å². The molecule has 3 heterocycles. The van der Waals surface area contributed by atoms with Crippen LogP contribution in [0.2, 0.25) is 0 Å². The Hall–Kier alpha value is -5.19. The molecular formula is C27H18N4O7. The minimum atomic E-state index is -1.11. The lowest BCUT2D eigenvalue weighted by Crippen LogP contribution is -2.44. The highest BCUT2D eigenvalue weighted by atomic mass is 16.6. The highest BCUT2D eigenvalue weighted by Gasteiger charge is 2.64. The number of carbonyl (C=O) groups excluding carboxylic acids is 3. The number of nitrogens with zero attached hydrogens (tertiary/aromatic N) is 4. The van der Waals surface area contributed by atoms with Crippen LogP contribution in [0, 0.1) is 32.1 Å². The van der Waals surface area contributed by atoms with E-state index in [0.29, 0.717) is 0 Å².